The molecule has 3 heteroatoms. The van der Waals surface area contributed by atoms with Gasteiger partial charge in [0.05, 0.1) is 7.11 Å². The third-order valence-electron chi connectivity index (χ3n) is 2.03. The Morgan fingerprint density at radius 2 is 2.55 bits per heavy atom. The SMILES string of the molecule is COC(=S)CC1CCC(=O)C1. The molecule has 0 bridgehead atoms. The monoisotopic (exact) mass is 172 g/mol. The normalized spacial score (nSPS) is 23.7. The molecule has 1 saturated carbocycles. The number of carbonyl (C=O) groups excluding carboxylic acids is 1. The third kappa shape index (κ3) is 2.58. The quantitative estimate of drug-likeness (QED) is 0.593. The lowest BCUT2D eigenvalue weighted by atomic mass is 10.1. The van der Waals surface area contributed by atoms with E-state index >= 15 is 0 Å². The van der Waals surface area contributed by atoms with Crippen molar-refractivity contribution >= 4 is 23.1 Å². The van der Waals surface area contributed by atoms with Gasteiger partial charge in [-0.15, -0.1) is 0 Å². The highest BCUT2D eigenvalue weighted by atomic mass is 32.1. The van der Waals surface area contributed by atoms with Crippen LogP contribution in [0.2, 0.25) is 0 Å². The van der Waals surface area contributed by atoms with Gasteiger partial charge in [-0.05, 0) is 24.6 Å². The first kappa shape index (κ1) is 8.65. The maximum atomic E-state index is 10.8. The highest BCUT2D eigenvalue weighted by Crippen LogP contribution is 2.25. The largest absolute Gasteiger partial charge is 0.490 e. The molecule has 11 heavy (non-hydrogen) atoms. The van der Waals surface area contributed by atoms with Crippen molar-refractivity contribution < 1.29 is 9.53 Å². The summed E-state index contributed by atoms with van der Waals surface area (Å²) in [7, 11) is 1.58. The summed E-state index contributed by atoms with van der Waals surface area (Å²) >= 11 is 4.90. The number of hydrogen-bond acceptors (Lipinski definition) is 3. The van der Waals surface area contributed by atoms with Gasteiger partial charge >= 0.3 is 0 Å². The van der Waals surface area contributed by atoms with Crippen molar-refractivity contribution in [3.63, 3.8) is 0 Å². The Hall–Kier alpha value is -0.440. The molecule has 1 unspecified atom stereocenters. The van der Waals surface area contributed by atoms with Crippen LogP contribution in [0.5, 0.6) is 0 Å². The van der Waals surface area contributed by atoms with Gasteiger partial charge in [-0.1, -0.05) is 0 Å². The smallest absolute Gasteiger partial charge is 0.159 e. The average Bonchev–Trinajstić information content (AvgIpc) is 2.35. The van der Waals surface area contributed by atoms with Crippen LogP contribution in [0.4, 0.5) is 0 Å². The molecule has 1 atom stereocenters. The molecule has 0 aromatic rings. The first-order chi connectivity index (χ1) is 5.22. The topological polar surface area (TPSA) is 26.3 Å². The zero-order chi connectivity index (χ0) is 8.27. The van der Waals surface area contributed by atoms with Crippen molar-refractivity contribution in [3.8, 4) is 0 Å². The third-order valence-corrected chi connectivity index (χ3v) is 2.36. The van der Waals surface area contributed by atoms with Gasteiger partial charge in [-0.25, -0.2) is 0 Å². The van der Waals surface area contributed by atoms with E-state index in [4.69, 9.17) is 17.0 Å². The van der Waals surface area contributed by atoms with Crippen molar-refractivity contribution in [1.82, 2.24) is 0 Å². The van der Waals surface area contributed by atoms with Crippen LogP contribution >= 0.6 is 12.2 Å². The van der Waals surface area contributed by atoms with Gasteiger partial charge in [0.15, 0.2) is 5.05 Å². The molecule has 1 rings (SSSR count). The van der Waals surface area contributed by atoms with Gasteiger partial charge in [0.2, 0.25) is 0 Å². The van der Waals surface area contributed by atoms with E-state index in [0.29, 0.717) is 23.2 Å². The molecule has 0 aliphatic heterocycles. The minimum atomic E-state index is 0.369. The Balaban J connectivity index is 2.28. The molecule has 62 valence electrons. The number of ether oxygens (including phenoxy) is 1. The van der Waals surface area contributed by atoms with Gasteiger partial charge < -0.3 is 4.74 Å². The van der Waals surface area contributed by atoms with Gasteiger partial charge in [-0.2, -0.15) is 0 Å². The molecule has 2 nitrogen and oxygen atoms in total. The number of Topliss-reactive ketones (excluding diaryl/α,β-unsaturated/α-hetero) is 1. The molecule has 0 aromatic carbocycles. The second-order valence-corrected chi connectivity index (χ2v) is 3.38. The zero-order valence-electron chi connectivity index (χ0n) is 6.63. The minimum absolute atomic E-state index is 0.369. The second-order valence-electron chi connectivity index (χ2n) is 2.93. The average molecular weight is 172 g/mol. The van der Waals surface area contributed by atoms with E-state index in [1.165, 1.54) is 0 Å². The van der Waals surface area contributed by atoms with E-state index in [-0.39, 0.29) is 0 Å². The van der Waals surface area contributed by atoms with Crippen LogP contribution < -0.4 is 0 Å². The molecule has 0 amide bonds. The van der Waals surface area contributed by atoms with Crippen LogP contribution in [0.3, 0.4) is 0 Å². The summed E-state index contributed by atoms with van der Waals surface area (Å²) in [6.45, 7) is 0. The van der Waals surface area contributed by atoms with E-state index in [1.807, 2.05) is 0 Å². The summed E-state index contributed by atoms with van der Waals surface area (Å²) in [5.74, 6) is 0.823. The summed E-state index contributed by atoms with van der Waals surface area (Å²) in [5.41, 5.74) is 0. The number of carbonyl (C=O) groups is 1. The van der Waals surface area contributed by atoms with Crippen molar-refractivity contribution in [1.29, 1.82) is 0 Å². The Morgan fingerprint density at radius 3 is 3.00 bits per heavy atom. The van der Waals surface area contributed by atoms with E-state index in [1.54, 1.807) is 7.11 Å². The fourth-order valence-corrected chi connectivity index (χ4v) is 1.62. The first-order valence-electron chi connectivity index (χ1n) is 3.81. The van der Waals surface area contributed by atoms with Crippen LogP contribution in [0, 0.1) is 5.92 Å². The number of ketones is 1. The summed E-state index contributed by atoms with van der Waals surface area (Å²) < 4.78 is 4.87. The summed E-state index contributed by atoms with van der Waals surface area (Å²) in [4.78, 5) is 10.8. The maximum Gasteiger partial charge on any atom is 0.159 e. The fourth-order valence-electron chi connectivity index (χ4n) is 1.38. The lowest BCUT2D eigenvalue weighted by Gasteiger charge is -2.06. The standard InChI is InChI=1S/C8H12O2S/c1-10-8(11)5-6-2-3-7(9)4-6/h6H,2-5H2,1H3. The Bertz CT molecular complexity index is 177. The lowest BCUT2D eigenvalue weighted by molar-refractivity contribution is -0.117. The van der Waals surface area contributed by atoms with Gasteiger partial charge in [0, 0.05) is 19.3 Å². The number of hydrogen-bond donors (Lipinski definition) is 0. The van der Waals surface area contributed by atoms with E-state index in [9.17, 15) is 4.79 Å². The molecule has 0 heterocycles. The van der Waals surface area contributed by atoms with E-state index < -0.39 is 0 Å². The fraction of sp³-hybridized carbons (Fsp3) is 0.750. The predicted molar refractivity (Wildman–Crippen MR) is 46.6 cm³/mol. The van der Waals surface area contributed by atoms with Crippen LogP contribution in [-0.2, 0) is 9.53 Å². The number of methoxy groups -OCH3 is 1. The lowest BCUT2D eigenvalue weighted by Crippen LogP contribution is -2.05. The highest BCUT2D eigenvalue weighted by Gasteiger charge is 2.22. The van der Waals surface area contributed by atoms with Crippen LogP contribution in [0.1, 0.15) is 25.7 Å². The van der Waals surface area contributed by atoms with Crippen molar-refractivity contribution in [3.05, 3.63) is 0 Å². The van der Waals surface area contributed by atoms with E-state index in [0.717, 1.165) is 19.3 Å². The van der Waals surface area contributed by atoms with E-state index in [2.05, 4.69) is 0 Å². The van der Waals surface area contributed by atoms with Gasteiger partial charge in [-0.3, -0.25) is 4.79 Å². The van der Waals surface area contributed by atoms with Crippen molar-refractivity contribution in [2.45, 2.75) is 25.7 Å². The molecule has 0 aromatic heterocycles. The van der Waals surface area contributed by atoms with Crippen molar-refractivity contribution in [2.24, 2.45) is 5.92 Å². The Morgan fingerprint density at radius 1 is 1.82 bits per heavy atom. The van der Waals surface area contributed by atoms with Crippen LogP contribution in [0.15, 0.2) is 0 Å². The van der Waals surface area contributed by atoms with Crippen molar-refractivity contribution in [2.75, 3.05) is 7.11 Å². The second kappa shape index (κ2) is 3.81. The maximum absolute atomic E-state index is 10.8. The molecular formula is C8H12O2S. The molecule has 1 aliphatic rings. The van der Waals surface area contributed by atoms with Gasteiger partial charge in [0.1, 0.15) is 5.78 Å². The summed E-state index contributed by atoms with van der Waals surface area (Å²) in [5, 5.41) is 0.629. The molecule has 0 saturated heterocycles. The Kier molecular flexibility index (Phi) is 3.00. The molecule has 0 radical (unpaired) electrons. The van der Waals surface area contributed by atoms with Crippen LogP contribution in [-0.4, -0.2) is 17.9 Å². The molecular weight excluding hydrogens is 160 g/mol. The van der Waals surface area contributed by atoms with Gasteiger partial charge in [0.25, 0.3) is 0 Å². The number of rotatable bonds is 2. The first-order valence-corrected chi connectivity index (χ1v) is 4.21. The number of thiocarbonyl (C=S) groups is 1. The molecule has 0 N–H and O–H groups in total. The Labute approximate surface area is 71.9 Å². The predicted octanol–water partition coefficient (Wildman–Crippen LogP) is 1.72. The zero-order valence-corrected chi connectivity index (χ0v) is 7.45. The molecule has 1 fully saturated rings. The van der Waals surface area contributed by atoms with Crippen LogP contribution in [0.25, 0.3) is 0 Å². The minimum Gasteiger partial charge on any atom is -0.490 e. The molecule has 0 spiro atoms. The highest BCUT2D eigenvalue weighted by molar-refractivity contribution is 7.80. The molecule has 1 aliphatic carbocycles. The summed E-state index contributed by atoms with van der Waals surface area (Å²) in [6.07, 6.45) is 3.19. The summed E-state index contributed by atoms with van der Waals surface area (Å²) in [6, 6.07) is 0.